The lowest BCUT2D eigenvalue weighted by atomic mass is 10.1. The smallest absolute Gasteiger partial charge is 0.267 e. The monoisotopic (exact) mass is 311 g/mol. The second kappa shape index (κ2) is 6.83. The summed E-state index contributed by atoms with van der Waals surface area (Å²) in [7, 11) is 0. The fraction of sp³-hybridized carbons (Fsp3) is 0.176. The maximum atomic E-state index is 12.0. The van der Waals surface area contributed by atoms with Crippen LogP contribution < -0.4 is 5.43 Å². The van der Waals surface area contributed by atoms with Gasteiger partial charge in [0.25, 0.3) is 11.6 Å². The highest BCUT2D eigenvalue weighted by molar-refractivity contribution is 6.01. The van der Waals surface area contributed by atoms with Crippen molar-refractivity contribution in [2.75, 3.05) is 0 Å². The molecule has 2 aromatic rings. The van der Waals surface area contributed by atoms with E-state index in [0.29, 0.717) is 22.4 Å². The minimum absolute atomic E-state index is 0.0295. The quantitative estimate of drug-likeness (QED) is 0.533. The molecule has 0 radical (unpaired) electrons. The molecule has 6 nitrogen and oxygen atoms in total. The zero-order chi connectivity index (χ0) is 17.0. The number of hydrogen-bond acceptors (Lipinski definition) is 4. The molecule has 0 bridgehead atoms. The van der Waals surface area contributed by atoms with E-state index in [1.54, 1.807) is 38.1 Å². The Morgan fingerprint density at radius 1 is 1.09 bits per heavy atom. The molecule has 0 saturated heterocycles. The first-order chi connectivity index (χ1) is 10.9. The number of nitrogens with one attached hydrogen (secondary N) is 1. The van der Waals surface area contributed by atoms with Gasteiger partial charge in [-0.1, -0.05) is 29.8 Å². The second-order valence-electron chi connectivity index (χ2n) is 5.26. The van der Waals surface area contributed by atoms with E-state index in [1.807, 2.05) is 19.1 Å². The Labute approximate surface area is 134 Å². The lowest BCUT2D eigenvalue weighted by Crippen LogP contribution is -2.19. The number of hydrazone groups is 1. The van der Waals surface area contributed by atoms with Crippen molar-refractivity contribution >= 4 is 17.3 Å². The number of rotatable bonds is 4. The van der Waals surface area contributed by atoms with Gasteiger partial charge in [-0.05, 0) is 32.9 Å². The Bertz CT molecular complexity index is 780. The molecule has 23 heavy (non-hydrogen) atoms. The van der Waals surface area contributed by atoms with Crippen LogP contribution in [0.4, 0.5) is 5.69 Å². The molecule has 0 aliphatic rings. The third-order valence-electron chi connectivity index (χ3n) is 3.46. The molecule has 1 amide bonds. The predicted octanol–water partition coefficient (Wildman–Crippen LogP) is 3.37. The Balaban J connectivity index is 2.16. The lowest BCUT2D eigenvalue weighted by molar-refractivity contribution is -0.385. The molecule has 0 aliphatic carbocycles. The molecular formula is C17H17N3O3. The summed E-state index contributed by atoms with van der Waals surface area (Å²) in [5.74, 6) is -0.328. The van der Waals surface area contributed by atoms with Crippen LogP contribution in [0, 0.1) is 24.0 Å². The van der Waals surface area contributed by atoms with Gasteiger partial charge in [0.05, 0.1) is 10.6 Å². The van der Waals surface area contributed by atoms with Crippen LogP contribution in [0.5, 0.6) is 0 Å². The predicted molar refractivity (Wildman–Crippen MR) is 88.7 cm³/mol. The van der Waals surface area contributed by atoms with Gasteiger partial charge in [0.1, 0.15) is 0 Å². The van der Waals surface area contributed by atoms with Gasteiger partial charge in [-0.25, -0.2) is 5.43 Å². The molecule has 0 saturated carbocycles. The van der Waals surface area contributed by atoms with Gasteiger partial charge in [-0.3, -0.25) is 14.9 Å². The Morgan fingerprint density at radius 2 is 1.70 bits per heavy atom. The van der Waals surface area contributed by atoms with Crippen LogP contribution in [-0.2, 0) is 0 Å². The number of nitrogens with zero attached hydrogens (tertiary/aromatic N) is 2. The van der Waals surface area contributed by atoms with E-state index in [1.165, 1.54) is 6.07 Å². The number of carbonyl (C=O) groups excluding carboxylic acids is 1. The first-order valence-electron chi connectivity index (χ1n) is 7.05. The normalized spacial score (nSPS) is 11.2. The van der Waals surface area contributed by atoms with Crippen LogP contribution in [0.1, 0.15) is 34.0 Å². The molecule has 1 N–H and O–H groups in total. The first-order valence-corrected chi connectivity index (χ1v) is 7.05. The molecule has 0 spiro atoms. The number of benzene rings is 2. The van der Waals surface area contributed by atoms with Crippen molar-refractivity contribution in [3.63, 3.8) is 0 Å². The standard InChI is InChI=1S/C17H17N3O3/c1-11-4-7-14(8-5-11)17(21)19-18-13(3)15-9-6-12(2)16(10-15)20(22)23/h4-10H,1-3H3,(H,19,21)/b18-13-. The van der Waals surface area contributed by atoms with E-state index >= 15 is 0 Å². The van der Waals surface area contributed by atoms with Crippen LogP contribution in [0.25, 0.3) is 0 Å². The van der Waals surface area contributed by atoms with Crippen molar-refractivity contribution < 1.29 is 9.72 Å². The van der Waals surface area contributed by atoms with E-state index in [9.17, 15) is 14.9 Å². The van der Waals surface area contributed by atoms with Gasteiger partial charge in [-0.2, -0.15) is 5.10 Å². The zero-order valence-corrected chi connectivity index (χ0v) is 13.2. The third kappa shape index (κ3) is 4.00. The zero-order valence-electron chi connectivity index (χ0n) is 13.2. The maximum Gasteiger partial charge on any atom is 0.272 e. The number of carbonyl (C=O) groups is 1. The number of nitro groups is 1. The van der Waals surface area contributed by atoms with E-state index in [-0.39, 0.29) is 11.6 Å². The topological polar surface area (TPSA) is 84.6 Å². The van der Waals surface area contributed by atoms with Gasteiger partial charge < -0.3 is 0 Å². The highest BCUT2D eigenvalue weighted by atomic mass is 16.6. The average molecular weight is 311 g/mol. The summed E-state index contributed by atoms with van der Waals surface area (Å²) in [4.78, 5) is 22.5. The van der Waals surface area contributed by atoms with E-state index in [4.69, 9.17) is 0 Å². The number of aryl methyl sites for hydroxylation is 2. The van der Waals surface area contributed by atoms with Gasteiger partial charge in [0.15, 0.2) is 0 Å². The van der Waals surface area contributed by atoms with Crippen molar-refractivity contribution in [2.45, 2.75) is 20.8 Å². The van der Waals surface area contributed by atoms with Crippen molar-refractivity contribution in [3.05, 3.63) is 74.8 Å². The molecule has 118 valence electrons. The minimum atomic E-state index is -0.434. The van der Waals surface area contributed by atoms with E-state index in [0.717, 1.165) is 5.56 Å². The van der Waals surface area contributed by atoms with Crippen molar-refractivity contribution in [3.8, 4) is 0 Å². The minimum Gasteiger partial charge on any atom is -0.267 e. The molecule has 2 aromatic carbocycles. The summed E-state index contributed by atoms with van der Waals surface area (Å²) < 4.78 is 0. The summed E-state index contributed by atoms with van der Waals surface area (Å²) >= 11 is 0. The van der Waals surface area contributed by atoms with Crippen molar-refractivity contribution in [2.24, 2.45) is 5.10 Å². The summed E-state index contributed by atoms with van der Waals surface area (Å²) in [5.41, 5.74) is 5.72. The fourth-order valence-electron chi connectivity index (χ4n) is 2.00. The fourth-order valence-corrected chi connectivity index (χ4v) is 2.00. The number of nitro benzene ring substituents is 1. The largest absolute Gasteiger partial charge is 0.272 e. The van der Waals surface area contributed by atoms with Gasteiger partial charge in [0.2, 0.25) is 0 Å². The first kappa shape index (κ1) is 16.4. The second-order valence-corrected chi connectivity index (χ2v) is 5.26. The molecule has 0 atom stereocenters. The molecule has 0 aliphatic heterocycles. The Morgan fingerprint density at radius 3 is 2.30 bits per heavy atom. The van der Waals surface area contributed by atoms with Gasteiger partial charge in [-0.15, -0.1) is 0 Å². The van der Waals surface area contributed by atoms with Crippen molar-refractivity contribution in [1.82, 2.24) is 5.43 Å². The van der Waals surface area contributed by atoms with E-state index < -0.39 is 4.92 Å². The van der Waals surface area contributed by atoms with Crippen LogP contribution in [0.2, 0.25) is 0 Å². The molecule has 2 rings (SSSR count). The Kier molecular flexibility index (Phi) is 4.85. The van der Waals surface area contributed by atoms with Crippen LogP contribution in [0.15, 0.2) is 47.6 Å². The van der Waals surface area contributed by atoms with Crippen molar-refractivity contribution in [1.29, 1.82) is 0 Å². The summed E-state index contributed by atoms with van der Waals surface area (Å²) in [6.45, 7) is 5.30. The molecule has 0 heterocycles. The Hall–Kier alpha value is -3.02. The number of amides is 1. The van der Waals surface area contributed by atoms with Crippen LogP contribution >= 0.6 is 0 Å². The van der Waals surface area contributed by atoms with E-state index in [2.05, 4.69) is 10.5 Å². The number of hydrogen-bond donors (Lipinski definition) is 1. The highest BCUT2D eigenvalue weighted by Gasteiger charge is 2.12. The summed E-state index contributed by atoms with van der Waals surface area (Å²) in [6.07, 6.45) is 0. The van der Waals surface area contributed by atoms with Gasteiger partial charge >= 0.3 is 0 Å². The summed E-state index contributed by atoms with van der Waals surface area (Å²) in [6, 6.07) is 12.0. The lowest BCUT2D eigenvalue weighted by Gasteiger charge is -2.05. The average Bonchev–Trinajstić information content (AvgIpc) is 2.53. The highest BCUT2D eigenvalue weighted by Crippen LogP contribution is 2.19. The molecule has 6 heteroatoms. The third-order valence-corrected chi connectivity index (χ3v) is 3.46. The van der Waals surface area contributed by atoms with Crippen LogP contribution in [0.3, 0.4) is 0 Å². The molecule has 0 aromatic heterocycles. The molecule has 0 fully saturated rings. The molecule has 0 unspecified atom stereocenters. The SMILES string of the molecule is C/C(=N/NC(=O)c1ccc(C)cc1)c1ccc(C)c([N+](=O)[O-])c1. The summed E-state index contributed by atoms with van der Waals surface area (Å²) in [5, 5.41) is 15.0. The van der Waals surface area contributed by atoms with Gasteiger partial charge in [0, 0.05) is 22.8 Å². The van der Waals surface area contributed by atoms with Crippen LogP contribution in [-0.4, -0.2) is 16.5 Å². The maximum absolute atomic E-state index is 12.0. The molecular weight excluding hydrogens is 294 g/mol.